The molecule has 0 radical (unpaired) electrons. The van der Waals surface area contributed by atoms with Crippen LogP contribution in [0.3, 0.4) is 0 Å². The zero-order chi connectivity index (χ0) is 12.1. The van der Waals surface area contributed by atoms with Gasteiger partial charge in [-0.05, 0) is 24.6 Å². The molecule has 3 N–H and O–H groups in total. The van der Waals surface area contributed by atoms with Gasteiger partial charge in [-0.2, -0.15) is 0 Å². The van der Waals surface area contributed by atoms with Crippen LogP contribution in [0.25, 0.3) is 0 Å². The Morgan fingerprint density at radius 2 is 2.00 bits per heavy atom. The average molecular weight is 246 g/mol. The maximum atomic E-state index is 8.97. The Morgan fingerprint density at radius 1 is 1.38 bits per heavy atom. The van der Waals surface area contributed by atoms with Crippen LogP contribution in [-0.4, -0.2) is 36.6 Å². The molecule has 0 saturated heterocycles. The quantitative estimate of drug-likeness (QED) is 0.734. The highest BCUT2D eigenvalue weighted by atomic mass is 35.5. The van der Waals surface area contributed by atoms with Crippen molar-refractivity contribution in [2.75, 3.05) is 25.6 Å². The number of nitrogens with one attached hydrogen (secondary N) is 1. The molecule has 0 heterocycles. The second kappa shape index (κ2) is 5.94. The summed E-state index contributed by atoms with van der Waals surface area (Å²) in [7, 11) is 1.55. The van der Waals surface area contributed by atoms with E-state index in [2.05, 4.69) is 5.32 Å². The number of aryl methyl sites for hydroxylation is 1. The third kappa shape index (κ3) is 3.01. The molecular weight excluding hydrogens is 230 g/mol. The van der Waals surface area contributed by atoms with E-state index in [1.54, 1.807) is 19.2 Å². The van der Waals surface area contributed by atoms with Crippen LogP contribution in [0.4, 0.5) is 5.69 Å². The molecule has 1 aromatic rings. The van der Waals surface area contributed by atoms with Crippen molar-refractivity contribution in [3.8, 4) is 5.75 Å². The maximum absolute atomic E-state index is 8.97. The number of halogens is 1. The number of hydrogen-bond donors (Lipinski definition) is 3. The topological polar surface area (TPSA) is 61.7 Å². The third-order valence-corrected chi connectivity index (χ3v) is 2.59. The number of ether oxygens (including phenoxy) is 1. The average Bonchev–Trinajstić information content (AvgIpc) is 2.29. The fraction of sp³-hybridized carbons (Fsp3) is 0.455. The van der Waals surface area contributed by atoms with Crippen molar-refractivity contribution in [3.05, 3.63) is 22.7 Å². The molecule has 1 aromatic carbocycles. The van der Waals surface area contributed by atoms with Crippen molar-refractivity contribution in [2.24, 2.45) is 0 Å². The fourth-order valence-electron chi connectivity index (χ4n) is 1.34. The lowest BCUT2D eigenvalue weighted by Gasteiger charge is -2.17. The highest BCUT2D eigenvalue weighted by molar-refractivity contribution is 6.32. The number of hydrogen-bond acceptors (Lipinski definition) is 4. The van der Waals surface area contributed by atoms with Crippen molar-refractivity contribution in [1.29, 1.82) is 0 Å². The lowest BCUT2D eigenvalue weighted by Crippen LogP contribution is -2.27. The Kier molecular flexibility index (Phi) is 4.86. The molecular formula is C11H16ClNO3. The van der Waals surface area contributed by atoms with E-state index in [0.29, 0.717) is 10.8 Å². The molecule has 0 bridgehead atoms. The van der Waals surface area contributed by atoms with Crippen LogP contribution < -0.4 is 10.1 Å². The van der Waals surface area contributed by atoms with Gasteiger partial charge in [-0.3, -0.25) is 0 Å². The van der Waals surface area contributed by atoms with E-state index in [1.165, 1.54) is 0 Å². The highest BCUT2D eigenvalue weighted by Crippen LogP contribution is 2.30. The Labute approximate surface area is 99.8 Å². The first-order valence-electron chi connectivity index (χ1n) is 4.94. The van der Waals surface area contributed by atoms with Gasteiger partial charge >= 0.3 is 0 Å². The molecule has 0 amide bonds. The van der Waals surface area contributed by atoms with Gasteiger partial charge in [-0.1, -0.05) is 11.6 Å². The van der Waals surface area contributed by atoms with Crippen LogP contribution in [0.5, 0.6) is 5.75 Å². The predicted molar refractivity (Wildman–Crippen MR) is 64.3 cm³/mol. The van der Waals surface area contributed by atoms with Gasteiger partial charge in [0.05, 0.1) is 31.4 Å². The summed E-state index contributed by atoms with van der Waals surface area (Å²) in [5.74, 6) is 0.606. The second-order valence-electron chi connectivity index (χ2n) is 3.51. The van der Waals surface area contributed by atoms with Crippen LogP contribution in [-0.2, 0) is 0 Å². The summed E-state index contributed by atoms with van der Waals surface area (Å²) < 4.78 is 5.08. The highest BCUT2D eigenvalue weighted by Gasteiger charge is 2.10. The van der Waals surface area contributed by atoms with Crippen molar-refractivity contribution < 1.29 is 14.9 Å². The molecule has 0 aromatic heterocycles. The fourth-order valence-corrected chi connectivity index (χ4v) is 1.58. The van der Waals surface area contributed by atoms with Crippen LogP contribution in [0.15, 0.2) is 12.1 Å². The van der Waals surface area contributed by atoms with E-state index in [1.807, 2.05) is 6.92 Å². The van der Waals surface area contributed by atoms with Crippen molar-refractivity contribution >= 4 is 17.3 Å². The van der Waals surface area contributed by atoms with Crippen LogP contribution in [0.2, 0.25) is 5.02 Å². The first-order valence-corrected chi connectivity index (χ1v) is 5.32. The van der Waals surface area contributed by atoms with E-state index < -0.39 is 0 Å². The number of aliphatic hydroxyl groups is 2. The van der Waals surface area contributed by atoms with E-state index in [9.17, 15) is 0 Å². The molecule has 5 heteroatoms. The summed E-state index contributed by atoms with van der Waals surface area (Å²) in [6, 6.07) is 3.13. The summed E-state index contributed by atoms with van der Waals surface area (Å²) in [6.07, 6.45) is 0. The molecule has 0 fully saturated rings. The van der Waals surface area contributed by atoms with E-state index in [4.69, 9.17) is 26.6 Å². The molecule has 90 valence electrons. The van der Waals surface area contributed by atoms with Crippen LogP contribution in [0, 0.1) is 6.92 Å². The molecule has 0 atom stereocenters. The smallest absolute Gasteiger partial charge is 0.137 e. The molecule has 0 aliphatic carbocycles. The van der Waals surface area contributed by atoms with Gasteiger partial charge in [0.15, 0.2) is 0 Å². The molecule has 0 unspecified atom stereocenters. The number of methoxy groups -OCH3 is 1. The van der Waals surface area contributed by atoms with Crippen molar-refractivity contribution in [3.63, 3.8) is 0 Å². The minimum absolute atomic E-state index is 0.139. The first-order chi connectivity index (χ1) is 7.62. The van der Waals surface area contributed by atoms with Gasteiger partial charge in [0.25, 0.3) is 0 Å². The second-order valence-corrected chi connectivity index (χ2v) is 3.92. The van der Waals surface area contributed by atoms with Gasteiger partial charge in [0.1, 0.15) is 5.75 Å². The standard InChI is InChI=1S/C11H16ClNO3/c1-7-3-11(16-2)9(12)4-10(7)13-8(5-14)6-15/h3-4,8,13-15H,5-6H2,1-2H3. The number of rotatable bonds is 5. The zero-order valence-corrected chi connectivity index (χ0v) is 10.1. The molecule has 0 spiro atoms. The monoisotopic (exact) mass is 245 g/mol. The number of anilines is 1. The predicted octanol–water partition coefficient (Wildman–Crippen LogP) is 1.42. The van der Waals surface area contributed by atoms with Crippen molar-refractivity contribution in [2.45, 2.75) is 13.0 Å². The Morgan fingerprint density at radius 3 is 2.50 bits per heavy atom. The summed E-state index contributed by atoms with van der Waals surface area (Å²) in [5.41, 5.74) is 1.71. The van der Waals surface area contributed by atoms with Gasteiger partial charge in [0.2, 0.25) is 0 Å². The van der Waals surface area contributed by atoms with E-state index in [-0.39, 0.29) is 19.3 Å². The lowest BCUT2D eigenvalue weighted by atomic mass is 10.1. The van der Waals surface area contributed by atoms with Gasteiger partial charge < -0.3 is 20.3 Å². The summed E-state index contributed by atoms with van der Waals surface area (Å²) in [4.78, 5) is 0. The van der Waals surface area contributed by atoms with Gasteiger partial charge in [0, 0.05) is 5.69 Å². The van der Waals surface area contributed by atoms with Gasteiger partial charge in [-0.15, -0.1) is 0 Å². The Bertz CT molecular complexity index is 353. The Balaban J connectivity index is 2.92. The molecule has 1 rings (SSSR count). The minimum atomic E-state index is -0.386. The van der Waals surface area contributed by atoms with E-state index in [0.717, 1.165) is 11.3 Å². The molecule has 0 saturated carbocycles. The molecule has 16 heavy (non-hydrogen) atoms. The number of benzene rings is 1. The third-order valence-electron chi connectivity index (χ3n) is 2.30. The Hall–Kier alpha value is -0.970. The normalized spacial score (nSPS) is 10.6. The molecule has 4 nitrogen and oxygen atoms in total. The number of aliphatic hydroxyl groups excluding tert-OH is 2. The first kappa shape index (κ1) is 13.1. The molecule has 0 aliphatic heterocycles. The maximum Gasteiger partial charge on any atom is 0.137 e. The van der Waals surface area contributed by atoms with Crippen LogP contribution >= 0.6 is 11.6 Å². The van der Waals surface area contributed by atoms with Gasteiger partial charge in [-0.25, -0.2) is 0 Å². The summed E-state index contributed by atoms with van der Waals surface area (Å²) >= 11 is 5.98. The minimum Gasteiger partial charge on any atom is -0.495 e. The summed E-state index contributed by atoms with van der Waals surface area (Å²) in [5, 5.41) is 21.4. The largest absolute Gasteiger partial charge is 0.495 e. The zero-order valence-electron chi connectivity index (χ0n) is 9.33. The lowest BCUT2D eigenvalue weighted by molar-refractivity contribution is 0.204. The van der Waals surface area contributed by atoms with Crippen LogP contribution in [0.1, 0.15) is 5.56 Å². The summed E-state index contributed by atoms with van der Waals surface area (Å²) in [6.45, 7) is 1.62. The van der Waals surface area contributed by atoms with Crippen molar-refractivity contribution in [1.82, 2.24) is 0 Å². The molecule has 0 aliphatic rings. The SMILES string of the molecule is COc1cc(C)c(NC(CO)CO)cc1Cl. The van der Waals surface area contributed by atoms with E-state index >= 15 is 0 Å².